The van der Waals surface area contributed by atoms with Gasteiger partial charge in [0, 0.05) is 43.6 Å². The second kappa shape index (κ2) is 14.7. The average Bonchev–Trinajstić information content (AvgIpc) is 2.97. The van der Waals surface area contributed by atoms with Crippen LogP contribution in [0.1, 0.15) is 60.3 Å². The van der Waals surface area contributed by atoms with E-state index in [2.05, 4.69) is 29.4 Å². The minimum Gasteiger partial charge on any atom is -0.392 e. The zero-order valence-electron chi connectivity index (χ0n) is 22.7. The lowest BCUT2D eigenvalue weighted by atomic mass is 9.99. The molecule has 9 heteroatoms. The van der Waals surface area contributed by atoms with E-state index in [1.165, 1.54) is 5.56 Å². The summed E-state index contributed by atoms with van der Waals surface area (Å²) in [6, 6.07) is 25.4. The summed E-state index contributed by atoms with van der Waals surface area (Å²) < 4.78 is 12.9. The Bertz CT molecular complexity index is 1240. The lowest BCUT2D eigenvalue weighted by Crippen LogP contribution is -2.37. The molecule has 0 aliphatic carbocycles. The van der Waals surface area contributed by atoms with Crippen molar-refractivity contribution in [1.29, 1.82) is 0 Å². The molecule has 4 N–H and O–H groups in total. The largest absolute Gasteiger partial charge is 0.392 e. The highest BCUT2D eigenvalue weighted by atomic mass is 16.7. The van der Waals surface area contributed by atoms with E-state index >= 15 is 0 Å². The second-order valence-electron chi connectivity index (χ2n) is 10.1. The Hall–Kier alpha value is -3.60. The van der Waals surface area contributed by atoms with Gasteiger partial charge in [0.15, 0.2) is 6.29 Å². The van der Waals surface area contributed by atoms with Crippen molar-refractivity contribution in [2.75, 3.05) is 18.9 Å². The van der Waals surface area contributed by atoms with Gasteiger partial charge in [0.05, 0.1) is 18.8 Å². The smallest absolute Gasteiger partial charge is 0.243 e. The van der Waals surface area contributed by atoms with Gasteiger partial charge in [-0.2, -0.15) is 0 Å². The van der Waals surface area contributed by atoms with Gasteiger partial charge in [0.25, 0.3) is 0 Å². The number of carbonyl (C=O) groups is 2. The third-order valence-electron chi connectivity index (χ3n) is 6.80. The Balaban J connectivity index is 1.46. The van der Waals surface area contributed by atoms with Gasteiger partial charge in [-0.05, 0) is 42.3 Å². The van der Waals surface area contributed by atoms with Gasteiger partial charge in [-0.25, -0.2) is 5.48 Å². The third-order valence-corrected chi connectivity index (χ3v) is 6.80. The van der Waals surface area contributed by atoms with Crippen molar-refractivity contribution in [3.8, 4) is 0 Å². The number of benzene rings is 3. The first kappa shape index (κ1) is 29.4. The molecule has 1 aliphatic rings. The van der Waals surface area contributed by atoms with Crippen LogP contribution in [0.4, 0.5) is 5.69 Å². The van der Waals surface area contributed by atoms with E-state index < -0.39 is 12.2 Å². The fourth-order valence-corrected chi connectivity index (χ4v) is 4.79. The molecule has 4 rings (SSSR count). The molecule has 0 saturated carbocycles. The van der Waals surface area contributed by atoms with Crippen LogP contribution in [-0.2, 0) is 32.2 Å². The molecular formula is C31H37N3O6. The molecule has 0 spiro atoms. The Morgan fingerprint density at radius 2 is 1.65 bits per heavy atom. The summed E-state index contributed by atoms with van der Waals surface area (Å²) in [5, 5.41) is 20.9. The minimum absolute atomic E-state index is 0.0163. The summed E-state index contributed by atoms with van der Waals surface area (Å²) in [6.45, 7) is 1.49. The van der Waals surface area contributed by atoms with Crippen LogP contribution in [0.25, 0.3) is 0 Å². The van der Waals surface area contributed by atoms with Crippen molar-refractivity contribution in [2.45, 2.75) is 57.3 Å². The summed E-state index contributed by atoms with van der Waals surface area (Å²) in [4.78, 5) is 25.8. The van der Waals surface area contributed by atoms with Gasteiger partial charge in [-0.3, -0.25) is 19.7 Å². The maximum atomic E-state index is 12.4. The van der Waals surface area contributed by atoms with Crippen molar-refractivity contribution in [1.82, 2.24) is 10.4 Å². The molecule has 1 saturated heterocycles. The molecule has 2 amide bonds. The number of nitrogens with zero attached hydrogens (tertiary/aromatic N) is 1. The molecule has 0 bridgehead atoms. The standard InChI is InChI=1S/C31H37N3O6/c1-34(19-22-7-3-2-4-8-22)20-27-18-28(24-15-13-23(21-35)14-16-24)40-31(39-27)25-9-5-10-26(17-25)32-29(36)11-6-12-30(37)33-38/h2-5,7-10,13-17,27-28,31,35,38H,6,11-12,18-21H2,1H3,(H,32,36)(H,33,37)/t27-,28+,31+/m1/s1. The maximum Gasteiger partial charge on any atom is 0.243 e. The number of hydrogen-bond donors (Lipinski definition) is 4. The van der Waals surface area contributed by atoms with E-state index in [-0.39, 0.29) is 37.6 Å². The van der Waals surface area contributed by atoms with E-state index in [0.29, 0.717) is 25.1 Å². The molecule has 3 aromatic rings. The first-order valence-electron chi connectivity index (χ1n) is 13.5. The maximum absolute atomic E-state index is 12.4. The van der Waals surface area contributed by atoms with Crippen LogP contribution in [-0.4, -0.2) is 46.7 Å². The van der Waals surface area contributed by atoms with Crippen LogP contribution < -0.4 is 10.8 Å². The van der Waals surface area contributed by atoms with Crippen molar-refractivity contribution >= 4 is 17.5 Å². The summed E-state index contributed by atoms with van der Waals surface area (Å²) >= 11 is 0. The topological polar surface area (TPSA) is 120 Å². The first-order valence-corrected chi connectivity index (χ1v) is 13.5. The monoisotopic (exact) mass is 547 g/mol. The van der Waals surface area contributed by atoms with E-state index in [4.69, 9.17) is 14.7 Å². The highest BCUT2D eigenvalue weighted by molar-refractivity contribution is 5.91. The molecule has 1 heterocycles. The van der Waals surface area contributed by atoms with Crippen LogP contribution >= 0.6 is 0 Å². The summed E-state index contributed by atoms with van der Waals surface area (Å²) in [6.07, 6.45) is 0.248. The number of aliphatic hydroxyl groups excluding tert-OH is 1. The second-order valence-corrected chi connectivity index (χ2v) is 10.1. The molecular weight excluding hydrogens is 510 g/mol. The molecule has 40 heavy (non-hydrogen) atoms. The molecule has 9 nitrogen and oxygen atoms in total. The van der Waals surface area contributed by atoms with Gasteiger partial charge in [0.2, 0.25) is 11.8 Å². The number of ether oxygens (including phenoxy) is 2. The lowest BCUT2D eigenvalue weighted by Gasteiger charge is -2.38. The van der Waals surface area contributed by atoms with Gasteiger partial charge >= 0.3 is 0 Å². The SMILES string of the molecule is CN(Cc1ccccc1)C[C@H]1C[C@@H](c2ccc(CO)cc2)O[C@@H](c2cccc(NC(=O)CCCC(=O)NO)c2)O1. The minimum atomic E-state index is -0.642. The Morgan fingerprint density at radius 3 is 2.38 bits per heavy atom. The number of rotatable bonds is 12. The van der Waals surface area contributed by atoms with Gasteiger partial charge in [-0.15, -0.1) is 0 Å². The zero-order valence-corrected chi connectivity index (χ0v) is 22.7. The average molecular weight is 548 g/mol. The molecule has 3 aromatic carbocycles. The number of amides is 2. The number of hydrogen-bond acceptors (Lipinski definition) is 7. The van der Waals surface area contributed by atoms with E-state index in [0.717, 1.165) is 23.2 Å². The lowest BCUT2D eigenvalue weighted by molar-refractivity contribution is -0.252. The fourth-order valence-electron chi connectivity index (χ4n) is 4.79. The van der Waals surface area contributed by atoms with Crippen LogP contribution in [0.5, 0.6) is 0 Å². The fraction of sp³-hybridized carbons (Fsp3) is 0.355. The van der Waals surface area contributed by atoms with Crippen molar-refractivity contribution in [2.24, 2.45) is 0 Å². The predicted molar refractivity (Wildman–Crippen MR) is 150 cm³/mol. The van der Waals surface area contributed by atoms with Crippen molar-refractivity contribution in [3.63, 3.8) is 0 Å². The molecule has 212 valence electrons. The van der Waals surface area contributed by atoms with Crippen molar-refractivity contribution in [3.05, 3.63) is 101 Å². The number of aliphatic hydroxyl groups is 1. The van der Waals surface area contributed by atoms with Crippen molar-refractivity contribution < 1.29 is 29.4 Å². The molecule has 3 atom stereocenters. The van der Waals surface area contributed by atoms with Crippen LogP contribution in [0, 0.1) is 0 Å². The third kappa shape index (κ3) is 8.70. The highest BCUT2D eigenvalue weighted by Gasteiger charge is 2.33. The van der Waals surface area contributed by atoms with Crippen LogP contribution in [0.15, 0.2) is 78.9 Å². The van der Waals surface area contributed by atoms with Gasteiger partial charge in [-0.1, -0.05) is 66.7 Å². The van der Waals surface area contributed by atoms with Gasteiger partial charge in [0.1, 0.15) is 0 Å². The molecule has 1 aliphatic heterocycles. The van der Waals surface area contributed by atoms with E-state index in [1.54, 1.807) is 11.5 Å². The first-order chi connectivity index (χ1) is 19.4. The number of carbonyl (C=O) groups excluding carboxylic acids is 2. The number of likely N-dealkylation sites (N-methyl/N-ethyl adjacent to an activating group) is 1. The quantitative estimate of drug-likeness (QED) is 0.195. The van der Waals surface area contributed by atoms with Crippen LogP contribution in [0.3, 0.4) is 0 Å². The number of anilines is 1. The highest BCUT2D eigenvalue weighted by Crippen LogP contribution is 2.38. The normalized spacial score (nSPS) is 18.9. The molecule has 0 aromatic heterocycles. The zero-order chi connectivity index (χ0) is 28.3. The Kier molecular flexibility index (Phi) is 10.8. The molecule has 1 fully saturated rings. The molecule has 0 radical (unpaired) electrons. The summed E-state index contributed by atoms with van der Waals surface area (Å²) in [7, 11) is 2.08. The summed E-state index contributed by atoms with van der Waals surface area (Å²) in [5.41, 5.74) is 6.03. The van der Waals surface area contributed by atoms with E-state index in [9.17, 15) is 14.7 Å². The Morgan fingerprint density at radius 1 is 0.900 bits per heavy atom. The van der Waals surface area contributed by atoms with Gasteiger partial charge < -0.3 is 19.9 Å². The Labute approximate surface area is 234 Å². The predicted octanol–water partition coefficient (Wildman–Crippen LogP) is 4.47. The van der Waals surface area contributed by atoms with Crippen LogP contribution in [0.2, 0.25) is 0 Å². The summed E-state index contributed by atoms with van der Waals surface area (Å²) in [5.74, 6) is -0.749. The number of nitrogens with one attached hydrogen (secondary N) is 2. The number of hydroxylamine groups is 1. The van der Waals surface area contributed by atoms with E-state index in [1.807, 2.05) is 60.7 Å². The molecule has 0 unspecified atom stereocenters.